The van der Waals surface area contributed by atoms with Crippen molar-refractivity contribution >= 4 is 65.0 Å². The fourth-order valence-corrected chi connectivity index (χ4v) is 7.49. The zero-order valence-electron chi connectivity index (χ0n) is 24.3. The Morgan fingerprint density at radius 3 is 1.91 bits per heavy atom. The lowest BCUT2D eigenvalue weighted by Gasteiger charge is -2.17. The molecule has 0 atom stereocenters. The van der Waals surface area contributed by atoms with Crippen LogP contribution in [-0.2, 0) is 0 Å². The van der Waals surface area contributed by atoms with Gasteiger partial charge in [0.05, 0.1) is 5.52 Å². The van der Waals surface area contributed by atoms with E-state index in [9.17, 15) is 0 Å². The molecule has 45 heavy (non-hydrogen) atoms. The lowest BCUT2D eigenvalue weighted by atomic mass is 9.87. The van der Waals surface area contributed by atoms with Crippen LogP contribution in [-0.4, -0.2) is 14.5 Å². The zero-order chi connectivity index (χ0) is 29.5. The van der Waals surface area contributed by atoms with Gasteiger partial charge in [0.1, 0.15) is 11.5 Å². The summed E-state index contributed by atoms with van der Waals surface area (Å²) < 4.78 is 2.16. The Balaban J connectivity index is 1.20. The van der Waals surface area contributed by atoms with E-state index in [0.717, 1.165) is 22.4 Å². The first-order chi connectivity index (χ1) is 22.3. The van der Waals surface area contributed by atoms with Crippen molar-refractivity contribution in [3.63, 3.8) is 0 Å². The van der Waals surface area contributed by atoms with Gasteiger partial charge in [-0.1, -0.05) is 103 Å². The van der Waals surface area contributed by atoms with Gasteiger partial charge in [0.25, 0.3) is 0 Å². The van der Waals surface area contributed by atoms with Gasteiger partial charge in [-0.15, -0.1) is 0 Å². The van der Waals surface area contributed by atoms with Crippen molar-refractivity contribution < 1.29 is 0 Å². The second-order valence-corrected chi connectivity index (χ2v) is 11.8. The summed E-state index contributed by atoms with van der Waals surface area (Å²) in [4.78, 5) is 9.42. The average molecular weight is 572 g/mol. The molecule has 0 fully saturated rings. The van der Waals surface area contributed by atoms with Crippen molar-refractivity contribution in [2.45, 2.75) is 0 Å². The third-order valence-electron chi connectivity index (χ3n) is 9.46. The molecule has 0 aliphatic rings. The summed E-state index contributed by atoms with van der Waals surface area (Å²) in [5.74, 6) is 0.868. The molecule has 0 amide bonds. The Morgan fingerprint density at radius 2 is 1.07 bits per heavy atom. The van der Waals surface area contributed by atoms with Crippen molar-refractivity contribution in [1.29, 1.82) is 0 Å². The molecule has 0 N–H and O–H groups in total. The number of hydrogen-bond acceptors (Lipinski definition) is 2. The van der Waals surface area contributed by atoms with Crippen LogP contribution in [0.15, 0.2) is 152 Å². The van der Waals surface area contributed by atoms with Crippen molar-refractivity contribution in [2.24, 2.45) is 0 Å². The summed E-state index contributed by atoms with van der Waals surface area (Å²) in [7, 11) is 0. The summed E-state index contributed by atoms with van der Waals surface area (Å²) >= 11 is 0. The molecule has 0 spiro atoms. The Kier molecular flexibility index (Phi) is 5.00. The van der Waals surface area contributed by atoms with E-state index in [1.807, 2.05) is 36.7 Å². The molecular weight excluding hydrogens is 546 g/mol. The van der Waals surface area contributed by atoms with Crippen LogP contribution in [0, 0.1) is 0 Å². The highest BCUT2D eigenvalue weighted by Crippen LogP contribution is 2.43. The molecule has 0 bridgehead atoms. The van der Waals surface area contributed by atoms with Crippen molar-refractivity contribution in [3.8, 4) is 28.1 Å². The smallest absolute Gasteiger partial charge is 0.146 e. The fraction of sp³-hybridized carbons (Fsp3) is 0. The van der Waals surface area contributed by atoms with Crippen molar-refractivity contribution in [2.75, 3.05) is 0 Å². The Labute approximate surface area is 259 Å². The van der Waals surface area contributed by atoms with Gasteiger partial charge in [-0.3, -0.25) is 4.57 Å². The van der Waals surface area contributed by atoms with Crippen LogP contribution in [0.1, 0.15) is 0 Å². The summed E-state index contributed by atoms with van der Waals surface area (Å²) in [6, 6.07) is 50.6. The summed E-state index contributed by atoms with van der Waals surface area (Å²) in [6.07, 6.45) is 3.69. The SMILES string of the molecule is c1ccc(-n2c3ccc(-c4ccc(-c5ccc6ccc7cccc8ccc5c6c78)c5ccccc45)cc3c3cccnc32)nc1. The van der Waals surface area contributed by atoms with E-state index in [4.69, 9.17) is 4.98 Å². The van der Waals surface area contributed by atoms with Crippen LogP contribution in [0.25, 0.3) is 93.1 Å². The van der Waals surface area contributed by atoms with Crippen LogP contribution >= 0.6 is 0 Å². The maximum absolute atomic E-state index is 4.77. The normalized spacial score (nSPS) is 12.0. The standard InChI is InChI=1S/C42H25N3/c1-2-10-32-31(9-1)30(29-17-22-38-37(25-29)36-11-6-24-44-42(36)45(38)39-12-3-4-23-43-39)20-21-33(32)34-18-15-28-14-13-26-7-5-8-27-16-19-35(34)41(28)40(26)27/h1-25H. The number of nitrogens with zero attached hydrogens (tertiary/aromatic N) is 3. The molecule has 208 valence electrons. The maximum Gasteiger partial charge on any atom is 0.146 e. The zero-order valence-corrected chi connectivity index (χ0v) is 24.3. The third kappa shape index (κ3) is 3.46. The van der Waals surface area contributed by atoms with Crippen LogP contribution in [0.3, 0.4) is 0 Å². The summed E-state index contributed by atoms with van der Waals surface area (Å²) in [6.45, 7) is 0. The maximum atomic E-state index is 4.77. The fourth-order valence-electron chi connectivity index (χ4n) is 7.49. The minimum atomic E-state index is 0.868. The van der Waals surface area contributed by atoms with Gasteiger partial charge in [-0.05, 0) is 102 Å². The second kappa shape index (κ2) is 9.22. The highest BCUT2D eigenvalue weighted by atomic mass is 15.1. The van der Waals surface area contributed by atoms with E-state index in [-0.39, 0.29) is 0 Å². The molecule has 0 saturated carbocycles. The first kappa shape index (κ1) is 24.4. The molecule has 3 nitrogen and oxygen atoms in total. The van der Waals surface area contributed by atoms with Gasteiger partial charge in [-0.2, -0.15) is 0 Å². The van der Waals surface area contributed by atoms with E-state index >= 15 is 0 Å². The van der Waals surface area contributed by atoms with Gasteiger partial charge >= 0.3 is 0 Å². The highest BCUT2D eigenvalue weighted by Gasteiger charge is 2.18. The molecule has 10 rings (SSSR count). The third-order valence-corrected chi connectivity index (χ3v) is 9.46. The quantitative estimate of drug-likeness (QED) is 0.198. The number of pyridine rings is 2. The highest BCUT2D eigenvalue weighted by molar-refractivity contribution is 6.26. The van der Waals surface area contributed by atoms with Crippen LogP contribution in [0.4, 0.5) is 0 Å². The van der Waals surface area contributed by atoms with Crippen LogP contribution in [0.5, 0.6) is 0 Å². The van der Waals surface area contributed by atoms with Crippen LogP contribution < -0.4 is 0 Å². The molecule has 3 heterocycles. The molecule has 7 aromatic carbocycles. The molecule has 0 aliphatic heterocycles. The Hall–Kier alpha value is -6.06. The van der Waals surface area contributed by atoms with E-state index in [2.05, 4.69) is 125 Å². The van der Waals surface area contributed by atoms with Gasteiger partial charge < -0.3 is 0 Å². The molecule has 0 unspecified atom stereocenters. The van der Waals surface area contributed by atoms with Gasteiger partial charge in [0.15, 0.2) is 0 Å². The predicted molar refractivity (Wildman–Crippen MR) is 188 cm³/mol. The first-order valence-corrected chi connectivity index (χ1v) is 15.3. The molecule has 0 radical (unpaired) electrons. The lowest BCUT2D eigenvalue weighted by molar-refractivity contribution is 1.06. The van der Waals surface area contributed by atoms with Crippen molar-refractivity contribution in [3.05, 3.63) is 152 Å². The molecule has 0 saturated heterocycles. The van der Waals surface area contributed by atoms with E-state index < -0.39 is 0 Å². The molecule has 0 aliphatic carbocycles. The van der Waals surface area contributed by atoms with Gasteiger partial charge in [0, 0.05) is 23.2 Å². The number of fused-ring (bicyclic) bond motifs is 4. The number of benzene rings is 7. The Morgan fingerprint density at radius 1 is 0.400 bits per heavy atom. The second-order valence-electron chi connectivity index (χ2n) is 11.8. The molecule has 3 heteroatoms. The van der Waals surface area contributed by atoms with Gasteiger partial charge in [0.2, 0.25) is 0 Å². The number of hydrogen-bond donors (Lipinski definition) is 0. The summed E-state index contributed by atoms with van der Waals surface area (Å²) in [5, 5.41) is 12.6. The minimum absolute atomic E-state index is 0.868. The van der Waals surface area contributed by atoms with Gasteiger partial charge in [-0.25, -0.2) is 9.97 Å². The predicted octanol–water partition coefficient (Wildman–Crippen LogP) is 11.0. The van der Waals surface area contributed by atoms with Crippen molar-refractivity contribution in [1.82, 2.24) is 14.5 Å². The molecular formula is C42H25N3. The van der Waals surface area contributed by atoms with E-state index in [1.54, 1.807) is 0 Å². The molecule has 10 aromatic rings. The average Bonchev–Trinajstić information content (AvgIpc) is 3.44. The van der Waals surface area contributed by atoms with E-state index in [0.29, 0.717) is 0 Å². The Bertz CT molecular complexity index is 2740. The topological polar surface area (TPSA) is 30.7 Å². The molecule has 3 aromatic heterocycles. The monoisotopic (exact) mass is 571 g/mol. The first-order valence-electron chi connectivity index (χ1n) is 15.3. The number of rotatable bonds is 3. The van der Waals surface area contributed by atoms with E-state index in [1.165, 1.54) is 70.7 Å². The lowest BCUT2D eigenvalue weighted by Crippen LogP contribution is -1.97. The summed E-state index contributed by atoms with van der Waals surface area (Å²) in [5.41, 5.74) is 6.94. The minimum Gasteiger partial charge on any atom is -0.278 e. The number of aromatic nitrogens is 3. The largest absolute Gasteiger partial charge is 0.278 e. The van der Waals surface area contributed by atoms with Crippen LogP contribution in [0.2, 0.25) is 0 Å².